The smallest absolute Gasteiger partial charge is 0.134 e. The molecule has 0 aliphatic carbocycles. The van der Waals surface area contributed by atoms with Gasteiger partial charge >= 0.3 is 0 Å². The number of nitrogens with one attached hydrogen (secondary N) is 1. The average molecular weight is 244 g/mol. The molecule has 1 aromatic heterocycles. The summed E-state index contributed by atoms with van der Waals surface area (Å²) < 4.78 is 5.78. The molecule has 1 saturated heterocycles. The van der Waals surface area contributed by atoms with E-state index in [0.717, 1.165) is 23.2 Å². The standard InChI is InChI=1S/C13H16N4O/c14-13-11-6-10(3-4-12(11)16-8-17-13)18-7-9-2-1-5-15-9/h3-4,6,8-9,15H,1-2,5,7H2,(H2,14,16,17)/t9-/m0/s1. The van der Waals surface area contributed by atoms with E-state index in [4.69, 9.17) is 10.5 Å². The van der Waals surface area contributed by atoms with Crippen LogP contribution >= 0.6 is 0 Å². The number of fused-ring (bicyclic) bond motifs is 1. The molecule has 0 spiro atoms. The quantitative estimate of drug-likeness (QED) is 0.852. The van der Waals surface area contributed by atoms with Crippen LogP contribution in [-0.4, -0.2) is 29.2 Å². The molecule has 0 radical (unpaired) electrons. The van der Waals surface area contributed by atoms with E-state index in [9.17, 15) is 0 Å². The van der Waals surface area contributed by atoms with Crippen LogP contribution in [0.2, 0.25) is 0 Å². The zero-order valence-electron chi connectivity index (χ0n) is 10.1. The van der Waals surface area contributed by atoms with Crippen LogP contribution in [0.5, 0.6) is 5.75 Å². The molecule has 1 aromatic carbocycles. The summed E-state index contributed by atoms with van der Waals surface area (Å²) in [6.45, 7) is 1.78. The highest BCUT2D eigenvalue weighted by molar-refractivity contribution is 5.88. The number of ether oxygens (including phenoxy) is 1. The van der Waals surface area contributed by atoms with Crippen LogP contribution in [-0.2, 0) is 0 Å². The molecule has 1 aliphatic heterocycles. The molecule has 1 fully saturated rings. The number of rotatable bonds is 3. The molecule has 0 bridgehead atoms. The fourth-order valence-corrected chi connectivity index (χ4v) is 2.24. The van der Waals surface area contributed by atoms with Gasteiger partial charge in [0.1, 0.15) is 24.5 Å². The molecular formula is C13H16N4O. The minimum Gasteiger partial charge on any atom is -0.492 e. The van der Waals surface area contributed by atoms with Gasteiger partial charge in [-0.2, -0.15) is 0 Å². The lowest BCUT2D eigenvalue weighted by Gasteiger charge is -2.12. The largest absolute Gasteiger partial charge is 0.492 e. The first-order valence-electron chi connectivity index (χ1n) is 6.19. The average Bonchev–Trinajstić information content (AvgIpc) is 2.90. The first kappa shape index (κ1) is 11.2. The first-order valence-corrected chi connectivity index (χ1v) is 6.19. The van der Waals surface area contributed by atoms with E-state index in [0.29, 0.717) is 18.5 Å². The number of anilines is 1. The Balaban J connectivity index is 1.77. The van der Waals surface area contributed by atoms with Gasteiger partial charge in [-0.1, -0.05) is 0 Å². The minimum atomic E-state index is 0.463. The van der Waals surface area contributed by atoms with E-state index in [2.05, 4.69) is 15.3 Å². The number of hydrogen-bond donors (Lipinski definition) is 2. The lowest BCUT2D eigenvalue weighted by molar-refractivity contribution is 0.277. The van der Waals surface area contributed by atoms with Gasteiger partial charge in [0.15, 0.2) is 0 Å². The summed E-state index contributed by atoms with van der Waals surface area (Å²) in [7, 11) is 0. The molecule has 94 valence electrons. The Kier molecular flexibility index (Phi) is 2.98. The first-order chi connectivity index (χ1) is 8.83. The van der Waals surface area contributed by atoms with E-state index in [-0.39, 0.29) is 0 Å². The fraction of sp³-hybridized carbons (Fsp3) is 0.385. The van der Waals surface area contributed by atoms with Crippen LogP contribution in [0, 0.1) is 0 Å². The van der Waals surface area contributed by atoms with Gasteiger partial charge in [0.2, 0.25) is 0 Å². The van der Waals surface area contributed by atoms with Crippen molar-refractivity contribution in [3.05, 3.63) is 24.5 Å². The van der Waals surface area contributed by atoms with Crippen LogP contribution in [0.25, 0.3) is 10.9 Å². The second-order valence-electron chi connectivity index (χ2n) is 4.54. The molecular weight excluding hydrogens is 228 g/mol. The normalized spacial score (nSPS) is 19.2. The topological polar surface area (TPSA) is 73.1 Å². The van der Waals surface area contributed by atoms with Crippen molar-refractivity contribution in [3.63, 3.8) is 0 Å². The van der Waals surface area contributed by atoms with Crippen LogP contribution < -0.4 is 15.8 Å². The summed E-state index contributed by atoms with van der Waals surface area (Å²) in [6, 6.07) is 6.19. The van der Waals surface area contributed by atoms with Gasteiger partial charge in [0, 0.05) is 11.4 Å². The van der Waals surface area contributed by atoms with Crippen molar-refractivity contribution in [2.75, 3.05) is 18.9 Å². The van der Waals surface area contributed by atoms with Crippen molar-refractivity contribution in [1.82, 2.24) is 15.3 Å². The second kappa shape index (κ2) is 4.78. The monoisotopic (exact) mass is 244 g/mol. The third-order valence-electron chi connectivity index (χ3n) is 3.25. The molecule has 18 heavy (non-hydrogen) atoms. The van der Waals surface area contributed by atoms with Crippen molar-refractivity contribution in [3.8, 4) is 5.75 Å². The van der Waals surface area contributed by atoms with E-state index in [1.165, 1.54) is 19.2 Å². The van der Waals surface area contributed by atoms with Crippen molar-refractivity contribution >= 4 is 16.7 Å². The maximum Gasteiger partial charge on any atom is 0.134 e. The summed E-state index contributed by atoms with van der Waals surface area (Å²) in [5, 5.41) is 4.24. The number of nitrogens with zero attached hydrogens (tertiary/aromatic N) is 2. The Hall–Kier alpha value is -1.88. The fourth-order valence-electron chi connectivity index (χ4n) is 2.24. The van der Waals surface area contributed by atoms with Crippen molar-refractivity contribution < 1.29 is 4.74 Å². The van der Waals surface area contributed by atoms with Gasteiger partial charge in [-0.3, -0.25) is 0 Å². The number of nitrogen functional groups attached to an aromatic ring is 1. The molecule has 1 atom stereocenters. The highest BCUT2D eigenvalue weighted by Gasteiger charge is 2.14. The summed E-state index contributed by atoms with van der Waals surface area (Å²) in [5.74, 6) is 1.31. The predicted molar refractivity (Wildman–Crippen MR) is 70.5 cm³/mol. The van der Waals surface area contributed by atoms with Gasteiger partial charge < -0.3 is 15.8 Å². The molecule has 0 saturated carbocycles. The Morgan fingerprint density at radius 1 is 1.39 bits per heavy atom. The van der Waals surface area contributed by atoms with E-state index in [1.807, 2.05) is 18.2 Å². The lowest BCUT2D eigenvalue weighted by Crippen LogP contribution is -2.28. The van der Waals surface area contributed by atoms with Gasteiger partial charge in [0.25, 0.3) is 0 Å². The molecule has 2 aromatic rings. The summed E-state index contributed by atoms with van der Waals surface area (Å²) in [5.41, 5.74) is 6.67. The van der Waals surface area contributed by atoms with Crippen LogP contribution in [0.15, 0.2) is 24.5 Å². The molecule has 3 rings (SSSR count). The Morgan fingerprint density at radius 3 is 3.17 bits per heavy atom. The van der Waals surface area contributed by atoms with Crippen molar-refractivity contribution in [2.45, 2.75) is 18.9 Å². The van der Waals surface area contributed by atoms with Crippen LogP contribution in [0.1, 0.15) is 12.8 Å². The number of hydrogen-bond acceptors (Lipinski definition) is 5. The van der Waals surface area contributed by atoms with Crippen LogP contribution in [0.4, 0.5) is 5.82 Å². The third kappa shape index (κ3) is 2.22. The van der Waals surface area contributed by atoms with Crippen LogP contribution in [0.3, 0.4) is 0 Å². The van der Waals surface area contributed by atoms with Crippen molar-refractivity contribution in [2.24, 2.45) is 0 Å². The van der Waals surface area contributed by atoms with E-state index in [1.54, 1.807) is 0 Å². The summed E-state index contributed by atoms with van der Waals surface area (Å²) >= 11 is 0. The SMILES string of the molecule is Nc1ncnc2ccc(OC[C@@H]3CCCN3)cc12. The molecule has 5 nitrogen and oxygen atoms in total. The van der Waals surface area contributed by atoms with Gasteiger partial charge in [-0.05, 0) is 37.6 Å². The predicted octanol–water partition coefficient (Wildman–Crippen LogP) is 1.34. The molecule has 2 heterocycles. The van der Waals surface area contributed by atoms with Gasteiger partial charge in [-0.15, -0.1) is 0 Å². The third-order valence-corrected chi connectivity index (χ3v) is 3.25. The highest BCUT2D eigenvalue weighted by atomic mass is 16.5. The summed E-state index contributed by atoms with van der Waals surface area (Å²) in [4.78, 5) is 8.15. The zero-order valence-corrected chi connectivity index (χ0v) is 10.1. The van der Waals surface area contributed by atoms with Crippen molar-refractivity contribution in [1.29, 1.82) is 0 Å². The zero-order chi connectivity index (χ0) is 12.4. The highest BCUT2D eigenvalue weighted by Crippen LogP contribution is 2.22. The minimum absolute atomic E-state index is 0.463. The molecule has 5 heteroatoms. The molecule has 1 aliphatic rings. The van der Waals surface area contributed by atoms with Gasteiger partial charge in [-0.25, -0.2) is 9.97 Å². The Bertz CT molecular complexity index is 552. The molecule has 0 amide bonds. The number of benzene rings is 1. The molecule has 0 unspecified atom stereocenters. The number of nitrogens with two attached hydrogens (primary N) is 1. The van der Waals surface area contributed by atoms with E-state index < -0.39 is 0 Å². The Labute approximate surface area is 105 Å². The second-order valence-corrected chi connectivity index (χ2v) is 4.54. The lowest BCUT2D eigenvalue weighted by atomic mass is 10.2. The number of aromatic nitrogens is 2. The summed E-state index contributed by atoms with van der Waals surface area (Å²) in [6.07, 6.45) is 3.88. The maximum atomic E-state index is 5.82. The Morgan fingerprint density at radius 2 is 2.33 bits per heavy atom. The van der Waals surface area contributed by atoms with E-state index >= 15 is 0 Å². The maximum absolute atomic E-state index is 5.82. The van der Waals surface area contributed by atoms with Gasteiger partial charge in [0.05, 0.1) is 5.52 Å². The molecule has 3 N–H and O–H groups in total.